The summed E-state index contributed by atoms with van der Waals surface area (Å²) in [7, 11) is 0. The Morgan fingerprint density at radius 3 is 2.09 bits per heavy atom. The van der Waals surface area contributed by atoms with E-state index < -0.39 is 0 Å². The van der Waals surface area contributed by atoms with Crippen molar-refractivity contribution in [2.75, 3.05) is 0 Å². The molecule has 0 bridgehead atoms. The Hall–Kier alpha value is -0.0400. The van der Waals surface area contributed by atoms with Crippen LogP contribution in [0.15, 0.2) is 0 Å². The lowest BCUT2D eigenvalue weighted by Crippen LogP contribution is -2.59. The lowest BCUT2D eigenvalue weighted by atomic mass is 9.39. The largest absolute Gasteiger partial charge is 0.393 e. The highest BCUT2D eigenvalue weighted by molar-refractivity contribution is 5.15. The number of rotatable bonds is 6. The first-order valence-electron chi connectivity index (χ1n) is 14.7. The molecule has 0 heterocycles. The van der Waals surface area contributed by atoms with E-state index >= 15 is 0 Å². The molecule has 0 spiro atoms. The van der Waals surface area contributed by atoms with Crippen molar-refractivity contribution in [1.82, 2.24) is 0 Å². The van der Waals surface area contributed by atoms with Crippen molar-refractivity contribution in [3.05, 3.63) is 0 Å². The molecule has 1 unspecified atom stereocenters. The van der Waals surface area contributed by atoms with E-state index in [2.05, 4.69) is 55.4 Å². The normalized spacial score (nSPS) is 50.4. The Labute approximate surface area is 200 Å². The molecule has 4 saturated carbocycles. The third-order valence-electron chi connectivity index (χ3n) is 13.2. The third kappa shape index (κ3) is 3.65. The van der Waals surface area contributed by atoms with Crippen LogP contribution in [0.1, 0.15) is 126 Å². The van der Waals surface area contributed by atoms with Crippen LogP contribution < -0.4 is 0 Å². The minimum absolute atomic E-state index is 0.0523. The smallest absolute Gasteiger partial charge is 0.0568 e. The minimum Gasteiger partial charge on any atom is -0.393 e. The average molecular weight is 445 g/mol. The zero-order valence-corrected chi connectivity index (χ0v) is 22.9. The van der Waals surface area contributed by atoms with Crippen molar-refractivity contribution in [3.8, 4) is 0 Å². The first kappa shape index (κ1) is 25.1. The third-order valence-corrected chi connectivity index (χ3v) is 13.2. The van der Waals surface area contributed by atoms with Gasteiger partial charge in [-0.1, -0.05) is 68.2 Å². The van der Waals surface area contributed by atoms with Crippen LogP contribution >= 0.6 is 0 Å². The summed E-state index contributed by atoms with van der Waals surface area (Å²) in [4.78, 5) is 0. The molecule has 0 aliphatic heterocycles. The molecule has 1 N–H and O–H groups in total. The van der Waals surface area contributed by atoms with E-state index in [0.29, 0.717) is 22.2 Å². The van der Waals surface area contributed by atoms with Gasteiger partial charge in [0.2, 0.25) is 0 Å². The molecule has 1 nitrogen and oxygen atoms in total. The zero-order chi connectivity index (χ0) is 23.5. The van der Waals surface area contributed by atoms with Gasteiger partial charge in [-0.15, -0.1) is 0 Å². The summed E-state index contributed by atoms with van der Waals surface area (Å²) < 4.78 is 0. The highest BCUT2D eigenvalue weighted by Gasteiger charge is 2.66. The van der Waals surface area contributed by atoms with Gasteiger partial charge in [0.1, 0.15) is 0 Å². The quantitative estimate of drug-likeness (QED) is 0.434. The molecular weight excluding hydrogens is 388 g/mol. The summed E-state index contributed by atoms with van der Waals surface area (Å²) >= 11 is 0. The molecule has 4 rings (SSSR count). The summed E-state index contributed by atoms with van der Waals surface area (Å²) in [5.41, 5.74) is 1.54. The molecule has 0 aromatic heterocycles. The van der Waals surface area contributed by atoms with Gasteiger partial charge in [-0.2, -0.15) is 0 Å². The standard InChI is InChI=1S/C31H56O/c1-9-23(20(2)3)11-10-21(4)24-14-18-31(8)27-13-12-25-22(5)28(32)16-17-29(25,6)26(27)15-19-30(24,31)7/h20-28,32H,9-19H2,1-8H3/t21-,22+,23?,24-,25+,26+,27-,28+,29+,30-,31+/m1/s1. The second-order valence-corrected chi connectivity index (χ2v) is 14.4. The molecule has 1 heteroatoms. The molecule has 0 amide bonds. The summed E-state index contributed by atoms with van der Waals surface area (Å²) in [5.74, 6) is 6.61. The maximum absolute atomic E-state index is 10.6. The molecule has 4 aliphatic carbocycles. The topological polar surface area (TPSA) is 20.2 Å². The van der Waals surface area contributed by atoms with Crippen LogP contribution in [-0.2, 0) is 0 Å². The first-order chi connectivity index (χ1) is 15.0. The Kier molecular flexibility index (Phi) is 6.95. The number of hydrogen-bond acceptors (Lipinski definition) is 1. The van der Waals surface area contributed by atoms with E-state index in [1.165, 1.54) is 64.2 Å². The first-order valence-corrected chi connectivity index (χ1v) is 14.7. The summed E-state index contributed by atoms with van der Waals surface area (Å²) in [6, 6.07) is 0. The number of fused-ring (bicyclic) bond motifs is 5. The van der Waals surface area contributed by atoms with Crippen molar-refractivity contribution in [1.29, 1.82) is 0 Å². The maximum Gasteiger partial charge on any atom is 0.0568 e. The predicted octanol–water partition coefficient (Wildman–Crippen LogP) is 8.74. The van der Waals surface area contributed by atoms with E-state index in [1.807, 2.05) is 0 Å². The molecule has 0 radical (unpaired) electrons. The summed E-state index contributed by atoms with van der Waals surface area (Å²) in [6.07, 6.45) is 15.1. The fraction of sp³-hybridized carbons (Fsp3) is 1.00. The van der Waals surface area contributed by atoms with Crippen LogP contribution in [0.25, 0.3) is 0 Å². The van der Waals surface area contributed by atoms with E-state index in [1.54, 1.807) is 0 Å². The van der Waals surface area contributed by atoms with Crippen molar-refractivity contribution >= 4 is 0 Å². The summed E-state index contributed by atoms with van der Waals surface area (Å²) in [6.45, 7) is 20.3. The molecule has 186 valence electrons. The molecule has 11 atom stereocenters. The molecular formula is C31H56O. The predicted molar refractivity (Wildman–Crippen MR) is 137 cm³/mol. The second-order valence-electron chi connectivity index (χ2n) is 14.4. The van der Waals surface area contributed by atoms with E-state index in [9.17, 15) is 5.11 Å². The van der Waals surface area contributed by atoms with Gasteiger partial charge in [0.15, 0.2) is 0 Å². The van der Waals surface area contributed by atoms with Gasteiger partial charge in [0, 0.05) is 0 Å². The fourth-order valence-corrected chi connectivity index (χ4v) is 10.8. The highest BCUT2D eigenvalue weighted by Crippen LogP contribution is 2.73. The van der Waals surface area contributed by atoms with Crippen LogP contribution in [0.4, 0.5) is 0 Å². The van der Waals surface area contributed by atoms with Crippen LogP contribution in [0.2, 0.25) is 0 Å². The van der Waals surface area contributed by atoms with E-state index in [0.717, 1.165) is 47.8 Å². The Morgan fingerprint density at radius 2 is 1.44 bits per heavy atom. The lowest BCUT2D eigenvalue weighted by Gasteiger charge is -2.66. The number of aliphatic hydroxyl groups excluding tert-OH is 1. The van der Waals surface area contributed by atoms with Crippen molar-refractivity contribution in [2.24, 2.45) is 63.6 Å². The van der Waals surface area contributed by atoms with Crippen molar-refractivity contribution in [3.63, 3.8) is 0 Å². The van der Waals surface area contributed by atoms with Crippen LogP contribution in [0.3, 0.4) is 0 Å². The van der Waals surface area contributed by atoms with Gasteiger partial charge in [-0.05, 0) is 121 Å². The van der Waals surface area contributed by atoms with Crippen molar-refractivity contribution < 1.29 is 5.11 Å². The van der Waals surface area contributed by atoms with Gasteiger partial charge in [-0.25, -0.2) is 0 Å². The highest BCUT2D eigenvalue weighted by atomic mass is 16.3. The van der Waals surface area contributed by atoms with Crippen LogP contribution in [-0.4, -0.2) is 11.2 Å². The SMILES string of the molecule is CCC(CC[C@@H](C)[C@H]1CC[C@@]2(C)[C@@H]3CC[C@H]4[C@H](C)[C@@H](O)CC[C@]4(C)[C@H]3CC[C@]12C)C(C)C. The lowest BCUT2D eigenvalue weighted by molar-refractivity contribution is -0.179. The molecule has 4 aliphatic rings. The monoisotopic (exact) mass is 444 g/mol. The Balaban J connectivity index is 1.52. The molecule has 4 fully saturated rings. The maximum atomic E-state index is 10.6. The minimum atomic E-state index is -0.0523. The Bertz CT molecular complexity index is 655. The average Bonchev–Trinajstić information content (AvgIpc) is 3.02. The number of aliphatic hydroxyl groups is 1. The summed E-state index contributed by atoms with van der Waals surface area (Å²) in [5, 5.41) is 10.6. The fourth-order valence-electron chi connectivity index (χ4n) is 10.8. The molecule has 32 heavy (non-hydrogen) atoms. The molecule has 0 aromatic rings. The van der Waals surface area contributed by atoms with E-state index in [-0.39, 0.29) is 6.10 Å². The number of hydrogen-bond donors (Lipinski definition) is 1. The van der Waals surface area contributed by atoms with E-state index in [4.69, 9.17) is 0 Å². The van der Waals surface area contributed by atoms with Gasteiger partial charge < -0.3 is 5.11 Å². The van der Waals surface area contributed by atoms with Crippen LogP contribution in [0.5, 0.6) is 0 Å². The van der Waals surface area contributed by atoms with Gasteiger partial charge >= 0.3 is 0 Å². The van der Waals surface area contributed by atoms with Crippen LogP contribution in [0, 0.1) is 63.6 Å². The van der Waals surface area contributed by atoms with Crippen molar-refractivity contribution in [2.45, 2.75) is 132 Å². The molecule has 0 aromatic carbocycles. The van der Waals surface area contributed by atoms with Gasteiger partial charge in [0.05, 0.1) is 6.10 Å². The zero-order valence-electron chi connectivity index (χ0n) is 22.9. The van der Waals surface area contributed by atoms with Gasteiger partial charge in [-0.3, -0.25) is 0 Å². The second kappa shape index (κ2) is 8.87. The van der Waals surface area contributed by atoms with Gasteiger partial charge in [0.25, 0.3) is 0 Å². The Morgan fingerprint density at radius 1 is 0.781 bits per heavy atom. The molecule has 0 saturated heterocycles.